The highest BCUT2D eigenvalue weighted by atomic mass is 32.2. The van der Waals surface area contributed by atoms with E-state index in [0.717, 1.165) is 25.9 Å². The van der Waals surface area contributed by atoms with Crippen molar-refractivity contribution in [1.82, 2.24) is 10.6 Å². The van der Waals surface area contributed by atoms with Crippen molar-refractivity contribution in [1.29, 1.82) is 0 Å². The van der Waals surface area contributed by atoms with Gasteiger partial charge in [0.2, 0.25) is 0 Å². The van der Waals surface area contributed by atoms with Crippen LogP contribution in [0.5, 0.6) is 0 Å². The molecule has 0 aliphatic rings. The summed E-state index contributed by atoms with van der Waals surface area (Å²) in [5, 5.41) is 14.1. The molecule has 0 bridgehead atoms. The molecule has 0 heterocycles. The molecule has 0 saturated carbocycles. The summed E-state index contributed by atoms with van der Waals surface area (Å²) >= 11 is 1.55. The molecule has 0 aliphatic carbocycles. The molecule has 7 heteroatoms. The Morgan fingerprint density at radius 3 is 2.60 bits per heavy atom. The van der Waals surface area contributed by atoms with E-state index >= 15 is 0 Å². The van der Waals surface area contributed by atoms with Gasteiger partial charge in [-0.2, -0.15) is 11.8 Å². The second kappa shape index (κ2) is 13.1. The fraction of sp³-hybridized carbons (Fsp3) is 0.846. The summed E-state index contributed by atoms with van der Waals surface area (Å²) < 4.78 is 5.36. The number of hydrogen-bond donors (Lipinski definition) is 3. The van der Waals surface area contributed by atoms with Gasteiger partial charge >= 0.3 is 12.0 Å². The van der Waals surface area contributed by atoms with Gasteiger partial charge in [-0.3, -0.25) is 0 Å². The van der Waals surface area contributed by atoms with Crippen molar-refractivity contribution in [3.63, 3.8) is 0 Å². The van der Waals surface area contributed by atoms with Crippen molar-refractivity contribution >= 4 is 23.8 Å². The van der Waals surface area contributed by atoms with Crippen molar-refractivity contribution < 1.29 is 19.4 Å². The molecule has 0 aliphatic heterocycles. The number of carbonyl (C=O) groups excluding carboxylic acids is 1. The van der Waals surface area contributed by atoms with E-state index in [1.165, 1.54) is 0 Å². The lowest BCUT2D eigenvalue weighted by Crippen LogP contribution is -2.46. The van der Waals surface area contributed by atoms with Gasteiger partial charge < -0.3 is 20.5 Å². The van der Waals surface area contributed by atoms with Gasteiger partial charge in [-0.15, -0.1) is 0 Å². The van der Waals surface area contributed by atoms with Crippen molar-refractivity contribution in [2.75, 3.05) is 31.8 Å². The van der Waals surface area contributed by atoms with Gasteiger partial charge in [0.05, 0.1) is 0 Å². The van der Waals surface area contributed by atoms with E-state index in [2.05, 4.69) is 17.6 Å². The Morgan fingerprint density at radius 1 is 1.30 bits per heavy atom. The number of aliphatic carboxylic acids is 1. The molecule has 2 amide bonds. The molecule has 0 aromatic rings. The molecule has 0 saturated heterocycles. The maximum Gasteiger partial charge on any atom is 0.326 e. The van der Waals surface area contributed by atoms with E-state index in [-0.39, 0.29) is 0 Å². The Bertz CT molecular complexity index is 277. The first kappa shape index (κ1) is 19.1. The van der Waals surface area contributed by atoms with E-state index < -0.39 is 18.0 Å². The van der Waals surface area contributed by atoms with Gasteiger partial charge in [-0.05, 0) is 31.3 Å². The van der Waals surface area contributed by atoms with Gasteiger partial charge in [0.25, 0.3) is 0 Å². The normalized spacial score (nSPS) is 11.9. The van der Waals surface area contributed by atoms with Crippen molar-refractivity contribution in [3.8, 4) is 0 Å². The smallest absolute Gasteiger partial charge is 0.326 e. The summed E-state index contributed by atoms with van der Waals surface area (Å²) in [6.45, 7) is 3.94. The molecule has 118 valence electrons. The summed E-state index contributed by atoms with van der Waals surface area (Å²) in [5.74, 6) is -0.306. The number of thioether (sulfide) groups is 1. The molecule has 20 heavy (non-hydrogen) atoms. The number of rotatable bonds is 12. The first-order valence-electron chi connectivity index (χ1n) is 6.95. The highest BCUT2D eigenvalue weighted by Crippen LogP contribution is 2.00. The van der Waals surface area contributed by atoms with Crippen LogP contribution in [0.2, 0.25) is 0 Å². The van der Waals surface area contributed by atoms with Gasteiger partial charge in [-0.1, -0.05) is 13.3 Å². The Labute approximate surface area is 125 Å². The fourth-order valence-electron chi connectivity index (χ4n) is 1.43. The summed E-state index contributed by atoms with van der Waals surface area (Å²) in [6, 6.07) is -1.27. The minimum Gasteiger partial charge on any atom is -0.480 e. The van der Waals surface area contributed by atoms with E-state index in [1.54, 1.807) is 11.8 Å². The first-order chi connectivity index (χ1) is 9.61. The minimum absolute atomic E-state index is 0.421. The summed E-state index contributed by atoms with van der Waals surface area (Å²) in [6.07, 6.45) is 5.19. The maximum absolute atomic E-state index is 11.5. The largest absolute Gasteiger partial charge is 0.480 e. The SMILES string of the molecule is CCCCOCCCNC(=O)N[C@@H](CCSC)C(=O)O. The highest BCUT2D eigenvalue weighted by molar-refractivity contribution is 7.98. The number of carboxylic acid groups (broad SMARTS) is 1. The molecule has 0 fully saturated rings. The minimum atomic E-state index is -1.00. The number of carbonyl (C=O) groups is 2. The number of amides is 2. The Morgan fingerprint density at radius 2 is 2.00 bits per heavy atom. The van der Waals surface area contributed by atoms with Gasteiger partial charge in [-0.25, -0.2) is 9.59 Å². The average Bonchev–Trinajstić information content (AvgIpc) is 2.42. The number of carboxylic acids is 1. The van der Waals surface area contributed by atoms with E-state index in [9.17, 15) is 9.59 Å². The second-order valence-corrected chi connectivity index (χ2v) is 5.38. The van der Waals surface area contributed by atoms with Crippen LogP contribution in [-0.4, -0.2) is 54.9 Å². The standard InChI is InChI=1S/C13H26N2O4S/c1-3-4-8-19-9-5-7-14-13(18)15-11(12(16)17)6-10-20-2/h11H,3-10H2,1-2H3,(H,16,17)(H2,14,15,18)/t11-/m0/s1. The van der Waals surface area contributed by atoms with Crippen LogP contribution < -0.4 is 10.6 Å². The van der Waals surface area contributed by atoms with Crippen LogP contribution in [0.15, 0.2) is 0 Å². The lowest BCUT2D eigenvalue weighted by molar-refractivity contribution is -0.139. The summed E-state index contributed by atoms with van der Waals surface area (Å²) in [7, 11) is 0. The molecule has 3 N–H and O–H groups in total. The third kappa shape index (κ3) is 10.9. The Balaban J connectivity index is 3.66. The lowest BCUT2D eigenvalue weighted by atomic mass is 10.2. The third-order valence-electron chi connectivity index (χ3n) is 2.61. The molecule has 1 atom stereocenters. The van der Waals surface area contributed by atoms with E-state index in [1.807, 2.05) is 6.26 Å². The summed E-state index contributed by atoms with van der Waals surface area (Å²) in [5.41, 5.74) is 0. The average molecular weight is 306 g/mol. The van der Waals surface area contributed by atoms with Crippen LogP contribution in [0.25, 0.3) is 0 Å². The van der Waals surface area contributed by atoms with Crippen LogP contribution in [0.4, 0.5) is 4.79 Å². The third-order valence-corrected chi connectivity index (χ3v) is 3.25. The number of nitrogens with one attached hydrogen (secondary N) is 2. The number of unbranched alkanes of at least 4 members (excludes halogenated alkanes) is 1. The van der Waals surface area contributed by atoms with Crippen molar-refractivity contribution in [2.45, 2.75) is 38.6 Å². The molecule has 0 radical (unpaired) electrons. The first-order valence-corrected chi connectivity index (χ1v) is 8.35. The Kier molecular flexibility index (Phi) is 12.4. The summed E-state index contributed by atoms with van der Waals surface area (Å²) in [4.78, 5) is 22.5. The molecule has 0 aromatic carbocycles. The number of urea groups is 1. The van der Waals surface area contributed by atoms with Crippen molar-refractivity contribution in [2.24, 2.45) is 0 Å². The monoisotopic (exact) mass is 306 g/mol. The Hall–Kier alpha value is -0.950. The number of hydrogen-bond acceptors (Lipinski definition) is 4. The topological polar surface area (TPSA) is 87.7 Å². The number of ether oxygens (including phenoxy) is 1. The zero-order valence-electron chi connectivity index (χ0n) is 12.3. The molecule has 0 rings (SSSR count). The molecule has 0 unspecified atom stereocenters. The molecular formula is C13H26N2O4S. The predicted molar refractivity (Wildman–Crippen MR) is 81.3 cm³/mol. The quantitative estimate of drug-likeness (QED) is 0.478. The highest BCUT2D eigenvalue weighted by Gasteiger charge is 2.18. The van der Waals surface area contributed by atoms with Crippen LogP contribution in [-0.2, 0) is 9.53 Å². The van der Waals surface area contributed by atoms with Crippen LogP contribution in [0.1, 0.15) is 32.6 Å². The second-order valence-electron chi connectivity index (χ2n) is 4.39. The van der Waals surface area contributed by atoms with Crippen LogP contribution >= 0.6 is 11.8 Å². The van der Waals surface area contributed by atoms with Crippen LogP contribution in [0.3, 0.4) is 0 Å². The zero-order chi connectivity index (χ0) is 15.2. The molecule has 6 nitrogen and oxygen atoms in total. The van der Waals surface area contributed by atoms with Gasteiger partial charge in [0.15, 0.2) is 0 Å². The zero-order valence-corrected chi connectivity index (χ0v) is 13.1. The van der Waals surface area contributed by atoms with Gasteiger partial charge in [0.1, 0.15) is 6.04 Å². The lowest BCUT2D eigenvalue weighted by Gasteiger charge is -2.14. The maximum atomic E-state index is 11.5. The molecule has 0 spiro atoms. The fourth-order valence-corrected chi connectivity index (χ4v) is 1.90. The molecular weight excluding hydrogens is 280 g/mol. The van der Waals surface area contributed by atoms with Crippen LogP contribution in [0, 0.1) is 0 Å². The van der Waals surface area contributed by atoms with Crippen molar-refractivity contribution in [3.05, 3.63) is 0 Å². The van der Waals surface area contributed by atoms with E-state index in [4.69, 9.17) is 9.84 Å². The van der Waals surface area contributed by atoms with Gasteiger partial charge in [0, 0.05) is 19.8 Å². The predicted octanol–water partition coefficient (Wildman–Crippen LogP) is 1.70. The molecule has 0 aromatic heterocycles. The van der Waals surface area contributed by atoms with E-state index in [0.29, 0.717) is 25.3 Å².